The largest absolute Gasteiger partial charge is 0.478 e. The lowest BCUT2D eigenvalue weighted by Crippen LogP contribution is -2.31. The Morgan fingerprint density at radius 2 is 1.79 bits per heavy atom. The predicted octanol–water partition coefficient (Wildman–Crippen LogP) is 1.71. The summed E-state index contributed by atoms with van der Waals surface area (Å²) in [5, 5.41) is 18.4. The van der Waals surface area contributed by atoms with Crippen molar-refractivity contribution in [3.05, 3.63) is 35.4 Å². The van der Waals surface area contributed by atoms with Gasteiger partial charge >= 0.3 is 5.97 Å². The average Bonchev–Trinajstić information content (AvgIpc) is 3.00. The fourth-order valence-corrected chi connectivity index (χ4v) is 3.46. The van der Waals surface area contributed by atoms with Gasteiger partial charge in [0.15, 0.2) is 0 Å². The van der Waals surface area contributed by atoms with Gasteiger partial charge in [-0.1, -0.05) is 12.1 Å². The summed E-state index contributed by atoms with van der Waals surface area (Å²) in [6.45, 7) is 0.180. The van der Waals surface area contributed by atoms with Crippen LogP contribution in [0.5, 0.6) is 0 Å². The molecule has 0 aromatic heterocycles. The van der Waals surface area contributed by atoms with Gasteiger partial charge in [0.25, 0.3) is 0 Å². The van der Waals surface area contributed by atoms with Crippen LogP contribution in [0.2, 0.25) is 0 Å². The molecule has 3 rings (SSSR count). The zero-order valence-corrected chi connectivity index (χ0v) is 10.7. The van der Waals surface area contributed by atoms with E-state index in [0.29, 0.717) is 11.5 Å². The van der Waals surface area contributed by atoms with Crippen molar-refractivity contribution in [2.45, 2.75) is 31.5 Å². The summed E-state index contributed by atoms with van der Waals surface area (Å²) >= 11 is 0. The van der Waals surface area contributed by atoms with E-state index in [1.165, 1.54) is 0 Å². The van der Waals surface area contributed by atoms with Crippen molar-refractivity contribution in [1.82, 2.24) is 0 Å². The molecular formula is C15H18O4. The lowest BCUT2D eigenvalue weighted by molar-refractivity contribution is 0.0696. The van der Waals surface area contributed by atoms with Crippen LogP contribution >= 0.6 is 0 Å². The highest BCUT2D eigenvalue weighted by Gasteiger charge is 2.48. The molecule has 0 aliphatic carbocycles. The van der Waals surface area contributed by atoms with Gasteiger partial charge in [-0.15, -0.1) is 0 Å². The molecular weight excluding hydrogens is 244 g/mol. The molecule has 19 heavy (non-hydrogen) atoms. The second-order valence-corrected chi connectivity index (χ2v) is 5.51. The van der Waals surface area contributed by atoms with Gasteiger partial charge in [-0.25, -0.2) is 4.79 Å². The summed E-state index contributed by atoms with van der Waals surface area (Å²) < 4.78 is 5.87. The van der Waals surface area contributed by atoms with E-state index in [0.717, 1.165) is 24.8 Å². The molecule has 0 unspecified atom stereocenters. The number of hydrogen-bond donors (Lipinski definition) is 2. The van der Waals surface area contributed by atoms with E-state index in [4.69, 9.17) is 9.84 Å². The Bertz CT molecular complexity index is 468. The zero-order valence-electron chi connectivity index (χ0n) is 10.7. The van der Waals surface area contributed by atoms with Gasteiger partial charge in [0.2, 0.25) is 0 Å². The molecule has 0 radical (unpaired) electrons. The van der Waals surface area contributed by atoms with Crippen molar-refractivity contribution >= 4 is 5.97 Å². The third-order valence-corrected chi connectivity index (χ3v) is 4.47. The quantitative estimate of drug-likeness (QED) is 0.867. The number of aliphatic hydroxyl groups excluding tert-OH is 1. The van der Waals surface area contributed by atoms with Gasteiger partial charge in [0.1, 0.15) is 0 Å². The lowest BCUT2D eigenvalue weighted by Gasteiger charge is -2.26. The minimum absolute atomic E-state index is 0.180. The first-order chi connectivity index (χ1) is 9.19. The van der Waals surface area contributed by atoms with Gasteiger partial charge in [-0.05, 0) is 42.9 Å². The van der Waals surface area contributed by atoms with Gasteiger partial charge in [0, 0.05) is 12.5 Å². The van der Waals surface area contributed by atoms with Crippen molar-refractivity contribution < 1.29 is 19.7 Å². The van der Waals surface area contributed by atoms with Crippen LogP contribution in [0.1, 0.15) is 28.8 Å². The molecule has 1 aromatic rings. The molecule has 4 nitrogen and oxygen atoms in total. The van der Waals surface area contributed by atoms with E-state index in [1.807, 2.05) is 12.1 Å². The number of hydrogen-bond acceptors (Lipinski definition) is 3. The second kappa shape index (κ2) is 4.94. The first-order valence-corrected chi connectivity index (χ1v) is 6.77. The summed E-state index contributed by atoms with van der Waals surface area (Å²) in [5.74, 6) is -0.305. The molecule has 2 aliphatic rings. The standard InChI is InChI=1S/C15H18O4/c16-8-12-11(13-5-6-14(12)19-13)7-9-1-3-10(4-2-9)15(17)18/h1-4,11-14,16H,5-8H2,(H,17,18)/t11-,12+,13-,14+/m1/s1. The fourth-order valence-electron chi connectivity index (χ4n) is 3.46. The van der Waals surface area contributed by atoms with Crippen LogP contribution in [-0.4, -0.2) is 35.0 Å². The van der Waals surface area contributed by atoms with Crippen LogP contribution in [0.3, 0.4) is 0 Å². The van der Waals surface area contributed by atoms with E-state index >= 15 is 0 Å². The molecule has 0 amide bonds. The highest BCUT2D eigenvalue weighted by atomic mass is 16.5. The van der Waals surface area contributed by atoms with Crippen molar-refractivity contribution in [3.63, 3.8) is 0 Å². The van der Waals surface area contributed by atoms with Gasteiger partial charge in [0.05, 0.1) is 17.8 Å². The summed E-state index contributed by atoms with van der Waals surface area (Å²) in [6, 6.07) is 7.01. The third-order valence-electron chi connectivity index (χ3n) is 4.47. The minimum atomic E-state index is -0.900. The summed E-state index contributed by atoms with van der Waals surface area (Å²) in [6.07, 6.45) is 3.48. The molecule has 0 saturated carbocycles. The number of carbonyl (C=O) groups is 1. The Balaban J connectivity index is 1.72. The van der Waals surface area contributed by atoms with Crippen LogP contribution < -0.4 is 0 Å². The number of ether oxygens (including phenoxy) is 1. The Labute approximate surface area is 112 Å². The molecule has 2 aliphatic heterocycles. The van der Waals surface area contributed by atoms with Crippen LogP contribution in [0.25, 0.3) is 0 Å². The fraction of sp³-hybridized carbons (Fsp3) is 0.533. The normalized spacial score (nSPS) is 32.7. The second-order valence-electron chi connectivity index (χ2n) is 5.51. The zero-order chi connectivity index (χ0) is 13.4. The Morgan fingerprint density at radius 1 is 1.16 bits per heavy atom. The third kappa shape index (κ3) is 2.26. The first kappa shape index (κ1) is 12.6. The topological polar surface area (TPSA) is 66.8 Å². The van der Waals surface area contributed by atoms with E-state index in [2.05, 4.69) is 0 Å². The minimum Gasteiger partial charge on any atom is -0.478 e. The van der Waals surface area contributed by atoms with Crippen LogP contribution in [-0.2, 0) is 11.2 Å². The van der Waals surface area contributed by atoms with Crippen molar-refractivity contribution in [2.24, 2.45) is 11.8 Å². The predicted molar refractivity (Wildman–Crippen MR) is 69.1 cm³/mol. The maximum atomic E-state index is 10.8. The van der Waals surface area contributed by atoms with Gasteiger partial charge in [-0.3, -0.25) is 0 Å². The summed E-state index contributed by atoms with van der Waals surface area (Å²) in [7, 11) is 0. The molecule has 2 heterocycles. The monoisotopic (exact) mass is 262 g/mol. The van der Waals surface area contributed by atoms with Crippen LogP contribution in [0.4, 0.5) is 0 Å². The molecule has 2 saturated heterocycles. The SMILES string of the molecule is O=C(O)c1ccc(C[C@@H]2[C@H](CO)[C@@H]3CC[C@H]2O3)cc1. The number of rotatable bonds is 4. The molecule has 4 heteroatoms. The number of carboxylic acids is 1. The maximum absolute atomic E-state index is 10.8. The molecule has 4 atom stereocenters. The van der Waals surface area contributed by atoms with Gasteiger partial charge in [-0.2, -0.15) is 0 Å². The number of fused-ring (bicyclic) bond motifs is 2. The maximum Gasteiger partial charge on any atom is 0.335 e. The van der Waals surface area contributed by atoms with E-state index in [9.17, 15) is 9.90 Å². The van der Waals surface area contributed by atoms with Crippen molar-refractivity contribution in [1.29, 1.82) is 0 Å². The van der Waals surface area contributed by atoms with Gasteiger partial charge < -0.3 is 14.9 Å². The first-order valence-electron chi connectivity index (χ1n) is 6.77. The van der Waals surface area contributed by atoms with E-state index in [-0.39, 0.29) is 24.7 Å². The summed E-state index contributed by atoms with van der Waals surface area (Å²) in [4.78, 5) is 10.8. The van der Waals surface area contributed by atoms with E-state index < -0.39 is 5.97 Å². The van der Waals surface area contributed by atoms with E-state index in [1.54, 1.807) is 12.1 Å². The number of aromatic carboxylic acids is 1. The van der Waals surface area contributed by atoms with Crippen LogP contribution in [0.15, 0.2) is 24.3 Å². The molecule has 2 bridgehead atoms. The van der Waals surface area contributed by atoms with Crippen molar-refractivity contribution in [2.75, 3.05) is 6.61 Å². The number of benzene rings is 1. The Kier molecular flexibility index (Phi) is 3.29. The smallest absolute Gasteiger partial charge is 0.335 e. The highest BCUT2D eigenvalue weighted by molar-refractivity contribution is 5.87. The molecule has 0 spiro atoms. The lowest BCUT2D eigenvalue weighted by atomic mass is 9.76. The molecule has 2 fully saturated rings. The molecule has 2 N–H and O–H groups in total. The Morgan fingerprint density at radius 3 is 2.37 bits per heavy atom. The number of carboxylic acid groups (broad SMARTS) is 1. The molecule has 102 valence electrons. The number of aliphatic hydroxyl groups is 1. The Hall–Kier alpha value is -1.39. The average molecular weight is 262 g/mol. The molecule has 1 aromatic carbocycles. The highest BCUT2D eigenvalue weighted by Crippen LogP contribution is 2.44. The summed E-state index contributed by atoms with van der Waals surface area (Å²) in [5.41, 5.74) is 1.43. The van der Waals surface area contributed by atoms with Crippen molar-refractivity contribution in [3.8, 4) is 0 Å². The van der Waals surface area contributed by atoms with Crippen LogP contribution in [0, 0.1) is 11.8 Å².